The number of carbonyl (C=O) groups excluding carboxylic acids is 10. The van der Waals surface area contributed by atoms with Crippen LogP contribution in [0.25, 0.3) is 0 Å². The predicted molar refractivity (Wildman–Crippen MR) is 366 cm³/mol. The van der Waals surface area contributed by atoms with Crippen LogP contribution in [-0.4, -0.2) is 173 Å². The topological polar surface area (TPSA) is 430 Å². The first-order valence-corrected chi connectivity index (χ1v) is 31.3. The van der Waals surface area contributed by atoms with Crippen molar-refractivity contribution in [3.8, 4) is 0 Å². The van der Waals surface area contributed by atoms with Crippen LogP contribution in [0.15, 0.2) is 0 Å². The van der Waals surface area contributed by atoms with Gasteiger partial charge in [0.25, 0.3) is 5.91 Å². The van der Waals surface area contributed by atoms with Crippen LogP contribution in [0, 0.1) is 11.8 Å². The maximum Gasteiger partial charge on any atom is 0.251 e. The molecule has 1 unspecified atom stereocenters. The van der Waals surface area contributed by atoms with E-state index in [9.17, 15) is 47.9 Å². The van der Waals surface area contributed by atoms with Gasteiger partial charge in [0.15, 0.2) is 0 Å². The number of aliphatic hydroxyl groups is 3. The lowest BCUT2D eigenvalue weighted by atomic mass is 10.1. The number of nitrogens with two attached hydrogens (primary N) is 3. The summed E-state index contributed by atoms with van der Waals surface area (Å²) in [6.45, 7) is 58.3. The molecule has 26 nitrogen and oxygen atoms in total. The number of rotatable bonds is 21. The third-order valence-corrected chi connectivity index (χ3v) is 7.65. The highest BCUT2D eigenvalue weighted by molar-refractivity contribution is 5.84. The van der Waals surface area contributed by atoms with Gasteiger partial charge in [-0.1, -0.05) is 48.5 Å². The van der Waals surface area contributed by atoms with Crippen LogP contribution < -0.4 is 70.4 Å². The normalized spacial score (nSPS) is 10.3. The third kappa shape index (κ3) is 137. The van der Waals surface area contributed by atoms with Gasteiger partial charge in [0.1, 0.15) is 12.2 Å². The second-order valence-corrected chi connectivity index (χ2v) is 24.5. The van der Waals surface area contributed by atoms with Gasteiger partial charge in [0.05, 0.1) is 19.2 Å². The van der Waals surface area contributed by atoms with Crippen molar-refractivity contribution in [2.45, 2.75) is 312 Å². The Balaban J connectivity index is -0.0000000839. The SMILES string of the molecule is CC(=O)NC(C)C.CC(C)C.CC(C)NC(=O)C(C)(C)O.CC(C)NC(=O)C(C)C.CC(C)NC(=O)C(C)N.CC(C)NC(=O)CCN.CC(C)NC(=O)CCO.CC(C)NC(=O)CN.CC(C)NC(=O)CO.CCC(=O)NC(C)C.CCC(=O)NC(C)C. The minimum atomic E-state index is -1.26. The van der Waals surface area contributed by atoms with Crippen molar-refractivity contribution in [2.75, 3.05) is 26.3 Å². The highest BCUT2D eigenvalue weighted by Crippen LogP contribution is 2.00. The van der Waals surface area contributed by atoms with Gasteiger partial charge < -0.3 is 85.7 Å². The molecule has 0 aromatic carbocycles. The monoisotopic (exact) mass is 1290 g/mol. The lowest BCUT2D eigenvalue weighted by molar-refractivity contribution is -0.137. The summed E-state index contributed by atoms with van der Waals surface area (Å²) in [6, 6.07) is 1.69. The quantitative estimate of drug-likeness (QED) is 0.0770. The molecule has 0 fully saturated rings. The van der Waals surface area contributed by atoms with Crippen LogP contribution in [0.2, 0.25) is 0 Å². The number of hydrogen-bond donors (Lipinski definition) is 16. The fourth-order valence-electron chi connectivity index (χ4n) is 4.33. The highest BCUT2D eigenvalue weighted by Gasteiger charge is 2.23. The Morgan fingerprint density at radius 3 is 0.764 bits per heavy atom. The van der Waals surface area contributed by atoms with Crippen molar-refractivity contribution in [1.82, 2.24) is 53.2 Å². The van der Waals surface area contributed by atoms with Crippen molar-refractivity contribution in [1.29, 1.82) is 0 Å². The Morgan fingerprint density at radius 2 is 0.640 bits per heavy atom. The van der Waals surface area contributed by atoms with Crippen LogP contribution in [0.1, 0.15) is 240 Å². The highest BCUT2D eigenvalue weighted by atomic mass is 16.3. The lowest BCUT2D eigenvalue weighted by Crippen LogP contribution is -2.44. The van der Waals surface area contributed by atoms with E-state index in [1.165, 1.54) is 20.8 Å². The van der Waals surface area contributed by atoms with Crippen molar-refractivity contribution < 1.29 is 63.3 Å². The van der Waals surface area contributed by atoms with Crippen molar-refractivity contribution in [3.63, 3.8) is 0 Å². The van der Waals surface area contributed by atoms with Gasteiger partial charge in [-0.3, -0.25) is 47.9 Å². The second-order valence-electron chi connectivity index (χ2n) is 24.5. The fourth-order valence-corrected chi connectivity index (χ4v) is 4.33. The molecular weight excluding hydrogens is 1150 g/mol. The average molecular weight is 1290 g/mol. The zero-order valence-corrected chi connectivity index (χ0v) is 61.8. The minimum Gasteiger partial charge on any atom is -0.396 e. The first-order chi connectivity index (χ1) is 40.3. The standard InChI is InChI=1S/C7H15NO2.C7H15NO.2C6H14N2O.C6H13NO2.2C6H13NO.C5H12N2O.C5H11NO2.C5H11NO.C4H10/c1-5(2)8-6(9)7(3,4)10;1-5(2)7(9)8-6(3)4;1-5(2)8-6(9)3-4-7;1-4(2)8-6(9)5(3)7;1-5(2)7-6(9)3-4-8;2*1-4-6(8)7-5(2)3;1-4(2)7-5(8)3-6;1-4(2)6-5(8)3-7;1-4(2)6-5(3)7;1-4(2)3/h5,10H,1-4H3,(H,8,9);5-6H,1-4H3,(H,8,9);5H,3-4,7H2,1-2H3,(H,8,9);4-5H,7H2,1-3H3,(H,8,9);5,8H,3-4H2,1-2H3,(H,7,9);2*5H,4H2,1-3H3,(H,7,8);4H,3,6H2,1-2H3,(H,7,8);4,7H,3H2,1-2H3,(H,6,8);4H,1-3H3,(H,6,7);4H,1-3H3. The van der Waals surface area contributed by atoms with E-state index in [2.05, 4.69) is 73.9 Å². The Morgan fingerprint density at radius 1 is 0.382 bits per heavy atom. The number of amides is 10. The Hall–Kier alpha value is -5.54. The lowest BCUT2D eigenvalue weighted by Gasteiger charge is -2.18. The van der Waals surface area contributed by atoms with Crippen molar-refractivity contribution >= 4 is 59.1 Å². The van der Waals surface area contributed by atoms with E-state index in [4.69, 9.17) is 32.5 Å². The molecule has 26 heteroatoms. The molecule has 0 aliphatic carbocycles. The van der Waals surface area contributed by atoms with E-state index in [1.54, 1.807) is 6.92 Å². The van der Waals surface area contributed by atoms with E-state index in [0.717, 1.165) is 5.92 Å². The molecule has 536 valence electrons. The predicted octanol–water partition coefficient (Wildman–Crippen LogP) is 4.07. The first kappa shape index (κ1) is 108. The van der Waals surface area contributed by atoms with Crippen LogP contribution in [-0.2, 0) is 47.9 Å². The van der Waals surface area contributed by atoms with Gasteiger partial charge in [-0.2, -0.15) is 0 Å². The molecule has 0 saturated carbocycles. The van der Waals surface area contributed by atoms with Crippen LogP contribution in [0.4, 0.5) is 0 Å². The van der Waals surface area contributed by atoms with E-state index in [-0.39, 0.29) is 145 Å². The van der Waals surface area contributed by atoms with Crippen molar-refractivity contribution in [2.24, 2.45) is 29.0 Å². The molecule has 0 radical (unpaired) electrons. The molecule has 0 saturated heterocycles. The van der Waals surface area contributed by atoms with Crippen LogP contribution >= 0.6 is 0 Å². The number of carbonyl (C=O) groups is 10. The number of hydrogen-bond acceptors (Lipinski definition) is 16. The minimum absolute atomic E-state index is 0.0347. The summed E-state index contributed by atoms with van der Waals surface area (Å²) in [6.07, 6.45) is 1.80. The number of nitrogens with one attached hydrogen (secondary N) is 10. The van der Waals surface area contributed by atoms with Crippen molar-refractivity contribution in [3.05, 3.63) is 0 Å². The molecule has 10 amide bonds. The molecule has 19 N–H and O–H groups in total. The molecule has 0 aliphatic heterocycles. The molecule has 1 atom stereocenters. The Bertz CT molecular complexity index is 1600. The smallest absolute Gasteiger partial charge is 0.251 e. The molecule has 0 spiro atoms. The van der Waals surface area contributed by atoms with Gasteiger partial charge >= 0.3 is 0 Å². The van der Waals surface area contributed by atoms with Gasteiger partial charge in [-0.25, -0.2) is 0 Å². The van der Waals surface area contributed by atoms with Gasteiger partial charge in [-0.05, 0) is 165 Å². The summed E-state index contributed by atoms with van der Waals surface area (Å²) in [5, 5.41) is 52.3. The molecule has 0 aromatic rings. The zero-order chi connectivity index (χ0) is 73.5. The summed E-state index contributed by atoms with van der Waals surface area (Å²) in [4.78, 5) is 106. The fraction of sp³-hybridized carbons (Fsp3) is 0.841. The zero-order valence-electron chi connectivity index (χ0n) is 61.8. The molecule has 0 rings (SSSR count). The summed E-state index contributed by atoms with van der Waals surface area (Å²) < 4.78 is 0. The summed E-state index contributed by atoms with van der Waals surface area (Å²) in [5.41, 5.74) is 14.2. The van der Waals surface area contributed by atoms with Crippen LogP contribution in [0.5, 0.6) is 0 Å². The molecular formula is C63H141N13O13. The van der Waals surface area contributed by atoms with Crippen LogP contribution in [0.3, 0.4) is 0 Å². The van der Waals surface area contributed by atoms with E-state index < -0.39 is 18.2 Å². The second kappa shape index (κ2) is 71.5. The third-order valence-electron chi connectivity index (χ3n) is 7.65. The van der Waals surface area contributed by atoms with E-state index in [0.29, 0.717) is 25.8 Å². The first-order valence-electron chi connectivity index (χ1n) is 31.3. The summed E-state index contributed by atoms with van der Waals surface area (Å²) in [7, 11) is 0. The largest absolute Gasteiger partial charge is 0.396 e. The summed E-state index contributed by atoms with van der Waals surface area (Å²) >= 11 is 0. The summed E-state index contributed by atoms with van der Waals surface area (Å²) in [5.74, 6) is 0.458. The molecule has 0 bridgehead atoms. The maximum absolute atomic E-state index is 10.9. The molecule has 0 aliphatic rings. The molecule has 0 aromatic heterocycles. The van der Waals surface area contributed by atoms with Gasteiger partial charge in [0.2, 0.25) is 53.2 Å². The Kier molecular flexibility index (Phi) is 86.9. The van der Waals surface area contributed by atoms with Gasteiger partial charge in [0, 0.05) is 105 Å². The Labute approximate surface area is 541 Å². The maximum atomic E-state index is 10.9. The van der Waals surface area contributed by atoms with Gasteiger partial charge in [-0.15, -0.1) is 0 Å². The van der Waals surface area contributed by atoms with E-state index in [1.807, 2.05) is 166 Å². The van der Waals surface area contributed by atoms with E-state index >= 15 is 0 Å². The number of aliphatic hydroxyl groups excluding tert-OH is 2. The molecule has 0 heterocycles. The average Bonchev–Trinajstić information content (AvgIpc) is 3.33. The molecule has 89 heavy (non-hydrogen) atoms.